The van der Waals surface area contributed by atoms with Crippen LogP contribution < -0.4 is 0 Å². The first kappa shape index (κ1) is 10.9. The molecule has 4 heterocycles. The van der Waals surface area contributed by atoms with E-state index in [9.17, 15) is 0 Å². The van der Waals surface area contributed by atoms with Crippen LogP contribution in [0.1, 0.15) is 0 Å². The van der Waals surface area contributed by atoms with Gasteiger partial charge >= 0.3 is 0 Å². The van der Waals surface area contributed by atoms with Crippen molar-refractivity contribution in [2.45, 2.75) is 0 Å². The number of fused-ring (bicyclic) bond motifs is 2. The number of pyridine rings is 3. The van der Waals surface area contributed by atoms with Crippen LogP contribution in [0.15, 0.2) is 55.0 Å². The van der Waals surface area contributed by atoms with Gasteiger partial charge in [0, 0.05) is 12.4 Å². The first-order valence-corrected chi connectivity index (χ1v) is 6.20. The van der Waals surface area contributed by atoms with Gasteiger partial charge in [0.05, 0.1) is 22.7 Å². The largest absolute Gasteiger partial charge is 0.255 e. The second kappa shape index (κ2) is 4.31. The molecule has 94 valence electrons. The van der Waals surface area contributed by atoms with E-state index in [1.165, 1.54) is 0 Å². The topological polar surface area (TPSA) is 64.5 Å². The monoisotopic (exact) mass is 259 g/mol. The Morgan fingerprint density at radius 1 is 0.600 bits per heavy atom. The molecule has 0 aliphatic heterocycles. The van der Waals surface area contributed by atoms with E-state index in [-0.39, 0.29) is 0 Å². The SMILES string of the molecule is c1cnc2ccc(-c3ncc4ncccc4n3)nc2c1. The molecule has 0 aromatic carbocycles. The van der Waals surface area contributed by atoms with Gasteiger partial charge in [-0.15, -0.1) is 0 Å². The van der Waals surface area contributed by atoms with E-state index in [1.54, 1.807) is 18.6 Å². The van der Waals surface area contributed by atoms with Crippen LogP contribution in [0.5, 0.6) is 0 Å². The van der Waals surface area contributed by atoms with Gasteiger partial charge in [0.1, 0.15) is 11.2 Å². The minimum atomic E-state index is 0.594. The molecule has 0 N–H and O–H groups in total. The summed E-state index contributed by atoms with van der Waals surface area (Å²) in [6.45, 7) is 0. The van der Waals surface area contributed by atoms with Crippen molar-refractivity contribution in [3.8, 4) is 11.5 Å². The first-order valence-electron chi connectivity index (χ1n) is 6.20. The molecule has 0 spiro atoms. The lowest BCUT2D eigenvalue weighted by atomic mass is 10.2. The second-order valence-electron chi connectivity index (χ2n) is 4.34. The van der Waals surface area contributed by atoms with Crippen molar-refractivity contribution in [2.75, 3.05) is 0 Å². The fourth-order valence-electron chi connectivity index (χ4n) is 2.07. The molecule has 0 aliphatic carbocycles. The predicted octanol–water partition coefficient (Wildman–Crippen LogP) is 2.64. The maximum atomic E-state index is 4.54. The standard InChI is InChI=1S/C15H9N5/c1-3-11-10(16-7-1)5-6-13(19-11)15-18-9-14-12(20-15)4-2-8-17-14/h1-9H. The highest BCUT2D eigenvalue weighted by molar-refractivity contribution is 5.78. The van der Waals surface area contributed by atoms with Crippen molar-refractivity contribution < 1.29 is 0 Å². The van der Waals surface area contributed by atoms with E-state index in [0.717, 1.165) is 27.8 Å². The Bertz CT molecular complexity index is 842. The quantitative estimate of drug-likeness (QED) is 0.525. The van der Waals surface area contributed by atoms with E-state index >= 15 is 0 Å². The highest BCUT2D eigenvalue weighted by Crippen LogP contribution is 2.18. The van der Waals surface area contributed by atoms with Gasteiger partial charge in [-0.2, -0.15) is 0 Å². The summed E-state index contributed by atoms with van der Waals surface area (Å²) in [5.74, 6) is 0.594. The van der Waals surface area contributed by atoms with Crippen molar-refractivity contribution in [1.82, 2.24) is 24.9 Å². The molecule has 0 atom stereocenters. The van der Waals surface area contributed by atoms with E-state index in [4.69, 9.17) is 0 Å². The van der Waals surface area contributed by atoms with Crippen LogP contribution in [0.4, 0.5) is 0 Å². The number of aromatic nitrogens is 5. The molecule has 4 aromatic heterocycles. The molecular weight excluding hydrogens is 250 g/mol. The Morgan fingerprint density at radius 2 is 1.35 bits per heavy atom. The molecule has 0 amide bonds. The molecule has 5 nitrogen and oxygen atoms in total. The zero-order valence-electron chi connectivity index (χ0n) is 10.4. The number of hydrogen-bond acceptors (Lipinski definition) is 5. The van der Waals surface area contributed by atoms with Gasteiger partial charge in [0.25, 0.3) is 0 Å². The van der Waals surface area contributed by atoms with E-state index in [2.05, 4.69) is 24.9 Å². The smallest absolute Gasteiger partial charge is 0.178 e. The summed E-state index contributed by atoms with van der Waals surface area (Å²) in [4.78, 5) is 21.8. The first-order chi connectivity index (χ1) is 9.90. The molecule has 20 heavy (non-hydrogen) atoms. The molecule has 0 fully saturated rings. The average molecular weight is 259 g/mol. The van der Waals surface area contributed by atoms with Gasteiger partial charge < -0.3 is 0 Å². The third-order valence-electron chi connectivity index (χ3n) is 3.04. The van der Waals surface area contributed by atoms with Crippen molar-refractivity contribution in [1.29, 1.82) is 0 Å². The highest BCUT2D eigenvalue weighted by atomic mass is 14.9. The van der Waals surface area contributed by atoms with Crippen molar-refractivity contribution in [3.05, 3.63) is 55.0 Å². The van der Waals surface area contributed by atoms with E-state index < -0.39 is 0 Å². The number of hydrogen-bond donors (Lipinski definition) is 0. The number of rotatable bonds is 1. The number of nitrogens with zero attached hydrogens (tertiary/aromatic N) is 5. The fraction of sp³-hybridized carbons (Fsp3) is 0. The Labute approximate surface area is 114 Å². The maximum Gasteiger partial charge on any atom is 0.178 e. The van der Waals surface area contributed by atoms with Gasteiger partial charge in [0.2, 0.25) is 0 Å². The lowest BCUT2D eigenvalue weighted by Crippen LogP contribution is -1.94. The van der Waals surface area contributed by atoms with Crippen LogP contribution in [0.3, 0.4) is 0 Å². The molecule has 5 heteroatoms. The zero-order valence-corrected chi connectivity index (χ0v) is 10.4. The van der Waals surface area contributed by atoms with Crippen LogP contribution in [-0.2, 0) is 0 Å². The zero-order chi connectivity index (χ0) is 13.4. The minimum absolute atomic E-state index is 0.594. The Morgan fingerprint density at radius 3 is 2.20 bits per heavy atom. The Balaban J connectivity index is 1.91. The van der Waals surface area contributed by atoms with Gasteiger partial charge in [0.15, 0.2) is 5.82 Å². The summed E-state index contributed by atoms with van der Waals surface area (Å²) < 4.78 is 0. The maximum absolute atomic E-state index is 4.54. The summed E-state index contributed by atoms with van der Waals surface area (Å²) in [6.07, 6.45) is 5.19. The molecule has 0 saturated heterocycles. The van der Waals surface area contributed by atoms with E-state index in [0.29, 0.717) is 5.82 Å². The molecule has 4 aromatic rings. The van der Waals surface area contributed by atoms with Crippen LogP contribution in [-0.4, -0.2) is 24.9 Å². The lowest BCUT2D eigenvalue weighted by Gasteiger charge is -2.02. The van der Waals surface area contributed by atoms with Gasteiger partial charge in [-0.1, -0.05) is 0 Å². The van der Waals surface area contributed by atoms with Crippen LogP contribution >= 0.6 is 0 Å². The van der Waals surface area contributed by atoms with Crippen LogP contribution in [0, 0.1) is 0 Å². The summed E-state index contributed by atoms with van der Waals surface area (Å²) in [5, 5.41) is 0. The molecule has 4 rings (SSSR count). The van der Waals surface area contributed by atoms with Crippen molar-refractivity contribution >= 4 is 22.1 Å². The van der Waals surface area contributed by atoms with Crippen molar-refractivity contribution in [3.63, 3.8) is 0 Å². The van der Waals surface area contributed by atoms with Gasteiger partial charge in [-0.3, -0.25) is 9.97 Å². The lowest BCUT2D eigenvalue weighted by molar-refractivity contribution is 1.17. The van der Waals surface area contributed by atoms with Crippen molar-refractivity contribution in [2.24, 2.45) is 0 Å². The molecule has 0 saturated carbocycles. The second-order valence-corrected chi connectivity index (χ2v) is 4.34. The molecule has 0 radical (unpaired) electrons. The minimum Gasteiger partial charge on any atom is -0.255 e. The molecule has 0 aliphatic rings. The van der Waals surface area contributed by atoms with Gasteiger partial charge in [-0.05, 0) is 36.4 Å². The van der Waals surface area contributed by atoms with E-state index in [1.807, 2.05) is 36.4 Å². The summed E-state index contributed by atoms with van der Waals surface area (Å²) in [5.41, 5.74) is 4.01. The highest BCUT2D eigenvalue weighted by Gasteiger charge is 2.06. The Kier molecular flexibility index (Phi) is 2.35. The fourth-order valence-corrected chi connectivity index (χ4v) is 2.07. The third kappa shape index (κ3) is 1.76. The molecule has 0 bridgehead atoms. The van der Waals surface area contributed by atoms with Crippen LogP contribution in [0.25, 0.3) is 33.6 Å². The van der Waals surface area contributed by atoms with Crippen LogP contribution in [0.2, 0.25) is 0 Å². The summed E-state index contributed by atoms with van der Waals surface area (Å²) >= 11 is 0. The normalized spacial score (nSPS) is 11.0. The summed E-state index contributed by atoms with van der Waals surface area (Å²) in [7, 11) is 0. The third-order valence-corrected chi connectivity index (χ3v) is 3.04. The molecule has 0 unspecified atom stereocenters. The predicted molar refractivity (Wildman–Crippen MR) is 75.9 cm³/mol. The summed E-state index contributed by atoms with van der Waals surface area (Å²) in [6, 6.07) is 11.4. The average Bonchev–Trinajstić information content (AvgIpc) is 2.54. The Hall–Kier alpha value is -2.95. The van der Waals surface area contributed by atoms with Gasteiger partial charge in [-0.25, -0.2) is 15.0 Å². The molecular formula is C15H9N5.